The van der Waals surface area contributed by atoms with Gasteiger partial charge in [-0.05, 0) is 24.6 Å². The van der Waals surface area contributed by atoms with E-state index in [0.29, 0.717) is 5.56 Å². The van der Waals surface area contributed by atoms with Crippen LogP contribution in [-0.2, 0) is 21.8 Å². The number of carbonyl (C=O) groups is 1. The highest BCUT2D eigenvalue weighted by atomic mass is 35.5. The van der Waals surface area contributed by atoms with Crippen LogP contribution >= 0.6 is 11.6 Å². The molecule has 0 radical (unpaired) electrons. The zero-order valence-electron chi connectivity index (χ0n) is 9.61. The number of hydrogen-bond acceptors (Lipinski definition) is 4. The zero-order valence-corrected chi connectivity index (χ0v) is 10.4. The van der Waals surface area contributed by atoms with Crippen LogP contribution in [0.1, 0.15) is 18.1 Å². The quantitative estimate of drug-likeness (QED) is 0.358. The first-order valence-electron chi connectivity index (χ1n) is 5.16. The summed E-state index contributed by atoms with van der Waals surface area (Å²) in [4.78, 5) is 21.1. The molecule has 0 saturated carbocycles. The van der Waals surface area contributed by atoms with Gasteiger partial charge in [0.05, 0.1) is 23.8 Å². The second-order valence-electron chi connectivity index (χ2n) is 3.46. The summed E-state index contributed by atoms with van der Waals surface area (Å²) in [5.74, 6) is -1.73. The Morgan fingerprint density at radius 1 is 1.56 bits per heavy atom. The van der Waals surface area contributed by atoms with E-state index in [1.807, 2.05) is 0 Å². The van der Waals surface area contributed by atoms with E-state index in [1.54, 1.807) is 6.92 Å². The lowest BCUT2D eigenvalue weighted by Gasteiger charge is -2.05. The average molecular weight is 276 g/mol. The largest absolute Gasteiger partial charge is 0.466 e. The minimum Gasteiger partial charge on any atom is -0.466 e. The predicted octanol–water partition coefficient (Wildman–Crippen LogP) is 2.58. The lowest BCUT2D eigenvalue weighted by atomic mass is 10.1. The van der Waals surface area contributed by atoms with E-state index in [1.165, 1.54) is 6.07 Å². The predicted molar refractivity (Wildman–Crippen MR) is 62.9 cm³/mol. The van der Waals surface area contributed by atoms with Gasteiger partial charge in [0.15, 0.2) is 0 Å². The summed E-state index contributed by atoms with van der Waals surface area (Å²) in [6.45, 7) is 1.87. The molecule has 18 heavy (non-hydrogen) atoms. The standard InChI is InChI=1S/C11H11ClFNO4/c1-2-18-10(15)5-7-3-8(6-12)11(14(16)17)9(13)4-7/h3-4H,2,5-6H2,1H3. The van der Waals surface area contributed by atoms with E-state index in [9.17, 15) is 19.3 Å². The van der Waals surface area contributed by atoms with E-state index in [2.05, 4.69) is 0 Å². The van der Waals surface area contributed by atoms with E-state index >= 15 is 0 Å². The SMILES string of the molecule is CCOC(=O)Cc1cc(F)c([N+](=O)[O-])c(CCl)c1. The summed E-state index contributed by atoms with van der Waals surface area (Å²) in [7, 11) is 0. The molecule has 0 spiro atoms. The molecule has 0 unspecified atom stereocenters. The Bertz CT molecular complexity index is 478. The molecular formula is C11H11ClFNO4. The molecule has 0 bridgehead atoms. The van der Waals surface area contributed by atoms with Gasteiger partial charge in [-0.15, -0.1) is 11.6 Å². The average Bonchev–Trinajstić information content (AvgIpc) is 2.27. The summed E-state index contributed by atoms with van der Waals surface area (Å²) in [5, 5.41) is 10.7. The molecule has 1 aromatic carbocycles. The molecule has 0 saturated heterocycles. The third-order valence-corrected chi connectivity index (χ3v) is 2.47. The van der Waals surface area contributed by atoms with Crippen LogP contribution in [0.3, 0.4) is 0 Å². The molecule has 0 heterocycles. The van der Waals surface area contributed by atoms with Crippen molar-refractivity contribution in [2.24, 2.45) is 0 Å². The Kier molecular flexibility index (Phi) is 5.03. The topological polar surface area (TPSA) is 69.4 Å². The molecule has 0 fully saturated rings. The number of benzene rings is 1. The molecule has 0 amide bonds. The Morgan fingerprint density at radius 2 is 2.22 bits per heavy atom. The fourth-order valence-corrected chi connectivity index (χ4v) is 1.71. The van der Waals surface area contributed by atoms with Crippen molar-refractivity contribution in [3.05, 3.63) is 39.2 Å². The maximum atomic E-state index is 13.5. The van der Waals surface area contributed by atoms with Crippen LogP contribution in [0, 0.1) is 15.9 Å². The normalized spacial score (nSPS) is 10.2. The van der Waals surface area contributed by atoms with Crippen molar-refractivity contribution in [3.8, 4) is 0 Å². The number of halogens is 2. The van der Waals surface area contributed by atoms with Crippen LogP contribution in [-0.4, -0.2) is 17.5 Å². The van der Waals surface area contributed by atoms with Gasteiger partial charge in [0.25, 0.3) is 0 Å². The summed E-state index contributed by atoms with van der Waals surface area (Å²) < 4.78 is 18.2. The van der Waals surface area contributed by atoms with E-state index in [-0.39, 0.29) is 24.5 Å². The molecule has 0 aromatic heterocycles. The Hall–Kier alpha value is -1.69. The molecule has 0 aliphatic heterocycles. The number of alkyl halides is 1. The highest BCUT2D eigenvalue weighted by molar-refractivity contribution is 6.17. The summed E-state index contributed by atoms with van der Waals surface area (Å²) in [6, 6.07) is 2.29. The molecule has 7 heteroatoms. The monoisotopic (exact) mass is 275 g/mol. The van der Waals surface area contributed by atoms with Crippen molar-refractivity contribution in [3.63, 3.8) is 0 Å². The van der Waals surface area contributed by atoms with Gasteiger partial charge in [-0.25, -0.2) is 0 Å². The fraction of sp³-hybridized carbons (Fsp3) is 0.364. The van der Waals surface area contributed by atoms with Gasteiger partial charge in [0.1, 0.15) is 0 Å². The molecule has 1 aromatic rings. The molecule has 0 aliphatic rings. The lowest BCUT2D eigenvalue weighted by molar-refractivity contribution is -0.388. The highest BCUT2D eigenvalue weighted by Crippen LogP contribution is 2.26. The van der Waals surface area contributed by atoms with E-state index < -0.39 is 22.4 Å². The van der Waals surface area contributed by atoms with Crippen LogP contribution in [0.5, 0.6) is 0 Å². The van der Waals surface area contributed by atoms with Gasteiger partial charge in [-0.1, -0.05) is 0 Å². The molecular weight excluding hydrogens is 265 g/mol. The summed E-state index contributed by atoms with van der Waals surface area (Å²) >= 11 is 5.53. The number of nitrogens with zero attached hydrogens (tertiary/aromatic N) is 1. The number of hydrogen-bond donors (Lipinski definition) is 0. The second-order valence-corrected chi connectivity index (χ2v) is 3.73. The van der Waals surface area contributed by atoms with Gasteiger partial charge < -0.3 is 4.74 Å². The van der Waals surface area contributed by atoms with Crippen LogP contribution in [0.4, 0.5) is 10.1 Å². The van der Waals surface area contributed by atoms with Crippen molar-refractivity contribution in [1.29, 1.82) is 0 Å². The van der Waals surface area contributed by atoms with Crippen LogP contribution in [0.15, 0.2) is 12.1 Å². The number of carbonyl (C=O) groups excluding carboxylic acids is 1. The number of nitro groups is 1. The summed E-state index contributed by atoms with van der Waals surface area (Å²) in [5.41, 5.74) is -0.314. The van der Waals surface area contributed by atoms with Crippen LogP contribution in [0.2, 0.25) is 0 Å². The van der Waals surface area contributed by atoms with Crippen molar-refractivity contribution < 1.29 is 18.8 Å². The van der Waals surface area contributed by atoms with Crippen LogP contribution < -0.4 is 0 Å². The van der Waals surface area contributed by atoms with Crippen molar-refractivity contribution in [2.75, 3.05) is 6.61 Å². The van der Waals surface area contributed by atoms with Crippen molar-refractivity contribution in [2.45, 2.75) is 19.2 Å². The van der Waals surface area contributed by atoms with E-state index in [4.69, 9.17) is 16.3 Å². The van der Waals surface area contributed by atoms with Gasteiger partial charge in [-0.2, -0.15) is 4.39 Å². The lowest BCUT2D eigenvalue weighted by Crippen LogP contribution is -2.09. The molecule has 0 N–H and O–H groups in total. The maximum Gasteiger partial charge on any atom is 0.310 e. The minimum atomic E-state index is -1.00. The van der Waals surface area contributed by atoms with Gasteiger partial charge in [0.2, 0.25) is 5.82 Å². The van der Waals surface area contributed by atoms with E-state index in [0.717, 1.165) is 6.07 Å². The minimum absolute atomic E-state index is 0.0426. The molecule has 98 valence electrons. The number of rotatable bonds is 5. The fourth-order valence-electron chi connectivity index (χ4n) is 1.51. The van der Waals surface area contributed by atoms with Gasteiger partial charge >= 0.3 is 11.7 Å². The Balaban J connectivity index is 3.07. The molecule has 0 aliphatic carbocycles. The smallest absolute Gasteiger partial charge is 0.310 e. The first-order valence-corrected chi connectivity index (χ1v) is 5.70. The summed E-state index contributed by atoms with van der Waals surface area (Å²) in [6.07, 6.45) is -0.146. The highest BCUT2D eigenvalue weighted by Gasteiger charge is 2.21. The van der Waals surface area contributed by atoms with Crippen LogP contribution in [0.25, 0.3) is 0 Å². The third-order valence-electron chi connectivity index (χ3n) is 2.18. The molecule has 5 nitrogen and oxygen atoms in total. The molecule has 1 rings (SSSR count). The first-order chi connectivity index (χ1) is 8.49. The second kappa shape index (κ2) is 6.30. The van der Waals surface area contributed by atoms with Gasteiger partial charge in [0, 0.05) is 5.56 Å². The Morgan fingerprint density at radius 3 is 2.72 bits per heavy atom. The maximum absolute atomic E-state index is 13.5. The Labute approximate surface area is 108 Å². The number of nitro benzene ring substituents is 1. The third kappa shape index (κ3) is 3.40. The number of ether oxygens (including phenoxy) is 1. The van der Waals surface area contributed by atoms with Gasteiger partial charge in [-0.3, -0.25) is 14.9 Å². The van der Waals surface area contributed by atoms with Crippen molar-refractivity contribution >= 4 is 23.3 Å². The first kappa shape index (κ1) is 14.4. The van der Waals surface area contributed by atoms with Crippen molar-refractivity contribution in [1.82, 2.24) is 0 Å². The number of esters is 1. The molecule has 0 atom stereocenters. The zero-order chi connectivity index (χ0) is 13.7.